The predicted molar refractivity (Wildman–Crippen MR) is 35.4 cm³/mol. The van der Waals surface area contributed by atoms with Crippen LogP contribution in [0.5, 0.6) is 0 Å². The molecular weight excluding hydrogens is 188 g/mol. The fraction of sp³-hybridized carbons (Fsp3) is 0.667. The van der Waals surface area contributed by atoms with Gasteiger partial charge in [0.2, 0.25) is 5.00 Å². The molecule has 6 heteroatoms. The van der Waals surface area contributed by atoms with Crippen molar-refractivity contribution in [1.29, 1.82) is 0 Å². The van der Waals surface area contributed by atoms with Crippen molar-refractivity contribution in [1.82, 2.24) is 3.94 Å². The molecule has 1 atom stereocenters. The Morgan fingerprint density at radius 1 is 1.67 bits per heavy atom. The summed E-state index contributed by atoms with van der Waals surface area (Å²) < 4.78 is 0.372. The number of rotatable bonds is 2. The molecule has 0 fully saturated rings. The topological polar surface area (TPSA) is 40.5 Å². The van der Waals surface area contributed by atoms with Crippen molar-refractivity contribution >= 4 is 41.1 Å². The first-order valence-electron chi connectivity index (χ1n) is 1.93. The van der Waals surface area contributed by atoms with Gasteiger partial charge in [-0.3, -0.25) is 0 Å². The predicted octanol–water partition coefficient (Wildman–Crippen LogP) is 1.64. The molecule has 0 aliphatic heterocycles. The maximum Gasteiger partial charge on any atom is 0.342 e. The molecule has 0 aromatic carbocycles. The van der Waals surface area contributed by atoms with Crippen LogP contribution in [0.2, 0.25) is 0 Å². The fourth-order valence-corrected chi connectivity index (χ4v) is 0.217. The second-order valence-corrected chi connectivity index (χ2v) is 3.08. The minimum atomic E-state index is -1.75. The second kappa shape index (κ2) is 2.92. The molecule has 1 unspecified atom stereocenters. The molecular formula is C3H4Cl3NO2. The maximum atomic E-state index is 10.1. The third-order valence-electron chi connectivity index (χ3n) is 0.708. The zero-order valence-electron chi connectivity index (χ0n) is 4.44. The molecule has 0 radical (unpaired) electrons. The van der Waals surface area contributed by atoms with Crippen LogP contribution < -0.4 is 0 Å². The van der Waals surface area contributed by atoms with E-state index in [0.717, 1.165) is 6.92 Å². The summed E-state index contributed by atoms with van der Waals surface area (Å²) in [7, 11) is 0. The normalized spacial score (nSPS) is 17.4. The Kier molecular flexibility index (Phi) is 3.02. The third-order valence-corrected chi connectivity index (χ3v) is 1.89. The van der Waals surface area contributed by atoms with Crippen LogP contribution in [0.4, 0.5) is 0 Å². The quantitative estimate of drug-likeness (QED) is 0.411. The molecule has 0 bridgehead atoms. The highest BCUT2D eigenvalue weighted by Crippen LogP contribution is 2.24. The summed E-state index contributed by atoms with van der Waals surface area (Å²) in [5.74, 6) is -1.30. The second-order valence-electron chi connectivity index (χ2n) is 1.49. The van der Waals surface area contributed by atoms with Crippen molar-refractivity contribution in [3.8, 4) is 0 Å². The van der Waals surface area contributed by atoms with E-state index in [1.807, 2.05) is 0 Å². The fourth-order valence-electron chi connectivity index (χ4n) is 0.0723. The average molecular weight is 192 g/mol. The van der Waals surface area contributed by atoms with E-state index in [-0.39, 0.29) is 0 Å². The molecule has 0 spiro atoms. The number of hydrogen-bond acceptors (Lipinski definition) is 2. The largest absolute Gasteiger partial charge is 0.479 e. The first kappa shape index (κ1) is 9.30. The van der Waals surface area contributed by atoms with Crippen LogP contribution in [0.15, 0.2) is 0 Å². The van der Waals surface area contributed by atoms with Crippen molar-refractivity contribution in [2.45, 2.75) is 11.9 Å². The Morgan fingerprint density at radius 2 is 2.00 bits per heavy atom. The summed E-state index contributed by atoms with van der Waals surface area (Å²) in [6, 6.07) is 0. The lowest BCUT2D eigenvalue weighted by molar-refractivity contribution is -0.141. The Balaban J connectivity index is 4.19. The monoisotopic (exact) mass is 191 g/mol. The van der Waals surface area contributed by atoms with Crippen LogP contribution >= 0.6 is 35.2 Å². The summed E-state index contributed by atoms with van der Waals surface area (Å²) in [6.45, 7) is 1.16. The highest BCUT2D eigenvalue weighted by molar-refractivity contribution is 6.44. The van der Waals surface area contributed by atoms with Crippen LogP contribution in [0.1, 0.15) is 6.92 Å². The molecule has 1 N–H and O–H groups in total. The molecule has 0 saturated carbocycles. The standard InChI is InChI=1S/C3H4Cl3NO2/c1-3(4,2(8)9)7(5)6/h1H3,(H,8,9). The smallest absolute Gasteiger partial charge is 0.342 e. The first-order valence-corrected chi connectivity index (χ1v) is 2.98. The van der Waals surface area contributed by atoms with E-state index in [2.05, 4.69) is 0 Å². The summed E-state index contributed by atoms with van der Waals surface area (Å²) in [6.07, 6.45) is 0. The van der Waals surface area contributed by atoms with E-state index in [1.165, 1.54) is 0 Å². The van der Waals surface area contributed by atoms with Gasteiger partial charge in [-0.1, -0.05) is 15.5 Å². The highest BCUT2D eigenvalue weighted by Gasteiger charge is 2.36. The summed E-state index contributed by atoms with van der Waals surface area (Å²) in [5, 5.41) is 8.27. The minimum Gasteiger partial charge on any atom is -0.479 e. The first-order chi connectivity index (χ1) is 3.89. The van der Waals surface area contributed by atoms with Gasteiger partial charge in [-0.05, 0) is 30.5 Å². The number of hydrogen-bond donors (Lipinski definition) is 1. The molecule has 0 aromatic rings. The molecule has 0 heterocycles. The van der Waals surface area contributed by atoms with Crippen molar-refractivity contribution in [3.05, 3.63) is 0 Å². The number of halogens is 3. The average Bonchev–Trinajstić information content (AvgIpc) is 1.65. The lowest BCUT2D eigenvalue weighted by atomic mass is 10.4. The SMILES string of the molecule is CC(Cl)(C(=O)O)N(Cl)Cl. The van der Waals surface area contributed by atoms with Gasteiger partial charge in [-0.15, -0.1) is 0 Å². The van der Waals surface area contributed by atoms with Gasteiger partial charge in [0, 0.05) is 0 Å². The van der Waals surface area contributed by atoms with E-state index in [1.54, 1.807) is 0 Å². The number of alkyl halides is 1. The molecule has 0 rings (SSSR count). The van der Waals surface area contributed by atoms with Gasteiger partial charge in [0.25, 0.3) is 0 Å². The van der Waals surface area contributed by atoms with Crippen LogP contribution in [0.25, 0.3) is 0 Å². The Labute approximate surface area is 67.3 Å². The van der Waals surface area contributed by atoms with Gasteiger partial charge < -0.3 is 5.11 Å². The Bertz CT molecular complexity index is 124. The lowest BCUT2D eigenvalue weighted by Crippen LogP contribution is -2.37. The van der Waals surface area contributed by atoms with Gasteiger partial charge in [-0.25, -0.2) is 4.79 Å². The third kappa shape index (κ3) is 2.18. The highest BCUT2D eigenvalue weighted by atomic mass is 35.5. The van der Waals surface area contributed by atoms with Crippen LogP contribution in [0.3, 0.4) is 0 Å². The van der Waals surface area contributed by atoms with E-state index >= 15 is 0 Å². The number of carbonyl (C=O) groups is 1. The van der Waals surface area contributed by atoms with E-state index < -0.39 is 11.0 Å². The van der Waals surface area contributed by atoms with Crippen LogP contribution in [-0.2, 0) is 4.79 Å². The van der Waals surface area contributed by atoms with Crippen LogP contribution in [0, 0.1) is 0 Å². The van der Waals surface area contributed by atoms with Crippen molar-refractivity contribution in [2.75, 3.05) is 0 Å². The number of aliphatic carboxylic acids is 1. The Morgan fingerprint density at radius 3 is 2.00 bits per heavy atom. The lowest BCUT2D eigenvalue weighted by Gasteiger charge is -2.18. The molecule has 9 heavy (non-hydrogen) atoms. The molecule has 0 aromatic heterocycles. The summed E-state index contributed by atoms with van der Waals surface area (Å²) >= 11 is 15.4. The van der Waals surface area contributed by atoms with E-state index in [0.29, 0.717) is 3.94 Å². The molecule has 0 saturated heterocycles. The van der Waals surface area contributed by atoms with Crippen LogP contribution in [-0.4, -0.2) is 20.0 Å². The zero-order chi connectivity index (χ0) is 7.65. The number of nitrogens with zero attached hydrogens (tertiary/aromatic N) is 1. The molecule has 0 aliphatic rings. The van der Waals surface area contributed by atoms with Crippen molar-refractivity contribution in [2.24, 2.45) is 0 Å². The van der Waals surface area contributed by atoms with Gasteiger partial charge >= 0.3 is 5.97 Å². The molecule has 3 nitrogen and oxygen atoms in total. The van der Waals surface area contributed by atoms with Crippen molar-refractivity contribution < 1.29 is 9.90 Å². The summed E-state index contributed by atoms with van der Waals surface area (Å²) in [5.41, 5.74) is 0. The van der Waals surface area contributed by atoms with E-state index in [4.69, 9.17) is 40.3 Å². The minimum absolute atomic E-state index is 0.372. The number of carboxylic acids is 1. The van der Waals surface area contributed by atoms with Crippen molar-refractivity contribution in [3.63, 3.8) is 0 Å². The molecule has 54 valence electrons. The zero-order valence-corrected chi connectivity index (χ0v) is 6.70. The maximum absolute atomic E-state index is 10.1. The number of carboxylic acid groups (broad SMARTS) is 1. The van der Waals surface area contributed by atoms with E-state index in [9.17, 15) is 4.79 Å². The van der Waals surface area contributed by atoms with Gasteiger partial charge in [0.05, 0.1) is 0 Å². The molecule has 0 aliphatic carbocycles. The van der Waals surface area contributed by atoms with Gasteiger partial charge in [-0.2, -0.15) is 0 Å². The molecule has 0 amide bonds. The Hall–Kier alpha value is 0.300. The van der Waals surface area contributed by atoms with Gasteiger partial charge in [0.1, 0.15) is 0 Å². The summed E-state index contributed by atoms with van der Waals surface area (Å²) in [4.78, 5) is 8.37. The van der Waals surface area contributed by atoms with Gasteiger partial charge in [0.15, 0.2) is 0 Å².